The first-order valence-corrected chi connectivity index (χ1v) is 8.79. The normalized spacial score (nSPS) is 11.0. The molecule has 27 heavy (non-hydrogen) atoms. The second kappa shape index (κ2) is 8.09. The van der Waals surface area contributed by atoms with E-state index in [-0.39, 0.29) is 11.2 Å². The highest BCUT2D eigenvalue weighted by Crippen LogP contribution is 2.22. The van der Waals surface area contributed by atoms with E-state index in [1.807, 2.05) is 19.1 Å². The van der Waals surface area contributed by atoms with Gasteiger partial charge >= 0.3 is 5.63 Å². The first kappa shape index (κ1) is 18.7. The number of ether oxygens (including phenoxy) is 1. The molecule has 2 N–H and O–H groups in total. The van der Waals surface area contributed by atoms with Crippen molar-refractivity contribution in [3.05, 3.63) is 68.4 Å². The molecule has 0 fully saturated rings. The van der Waals surface area contributed by atoms with Crippen LogP contribution in [0.5, 0.6) is 11.5 Å². The third-order valence-corrected chi connectivity index (χ3v) is 4.37. The summed E-state index contributed by atoms with van der Waals surface area (Å²) >= 11 is 0. The van der Waals surface area contributed by atoms with Crippen molar-refractivity contribution in [3.63, 3.8) is 0 Å². The van der Waals surface area contributed by atoms with Crippen molar-refractivity contribution in [3.8, 4) is 11.5 Å². The summed E-state index contributed by atoms with van der Waals surface area (Å²) in [5, 5.41) is 13.9. The van der Waals surface area contributed by atoms with Crippen LogP contribution >= 0.6 is 0 Å². The van der Waals surface area contributed by atoms with Gasteiger partial charge in [-0.15, -0.1) is 0 Å². The molecule has 2 aromatic heterocycles. The number of aromatic nitrogens is 1. The molecule has 0 unspecified atom stereocenters. The molecule has 0 amide bonds. The number of benzene rings is 1. The third-order valence-electron chi connectivity index (χ3n) is 4.37. The summed E-state index contributed by atoms with van der Waals surface area (Å²) in [5.41, 5.74) is 1.06. The van der Waals surface area contributed by atoms with E-state index in [2.05, 4.69) is 5.32 Å². The maximum Gasteiger partial charge on any atom is 0.336 e. The molecule has 1 aromatic carbocycles. The number of pyridine rings is 1. The first-order valence-electron chi connectivity index (χ1n) is 8.79. The molecule has 142 valence electrons. The predicted octanol–water partition coefficient (Wildman–Crippen LogP) is 2.16. The van der Waals surface area contributed by atoms with Crippen molar-refractivity contribution in [2.45, 2.75) is 26.9 Å². The van der Waals surface area contributed by atoms with E-state index in [0.717, 1.165) is 10.9 Å². The van der Waals surface area contributed by atoms with Crippen molar-refractivity contribution < 1.29 is 14.3 Å². The summed E-state index contributed by atoms with van der Waals surface area (Å²) in [5.74, 6) is 0.432. The second-order valence-corrected chi connectivity index (χ2v) is 6.17. The van der Waals surface area contributed by atoms with Crippen LogP contribution in [0.2, 0.25) is 0 Å². The van der Waals surface area contributed by atoms with Gasteiger partial charge in [-0.25, -0.2) is 4.79 Å². The van der Waals surface area contributed by atoms with E-state index < -0.39 is 5.63 Å². The number of rotatable bonds is 7. The minimum absolute atomic E-state index is 0.228. The molecule has 0 aliphatic heterocycles. The highest BCUT2D eigenvalue weighted by Gasteiger charge is 2.08. The number of fused-ring (bicyclic) bond motifs is 1. The molecule has 2 heterocycles. The number of hydrogen-bond donors (Lipinski definition) is 2. The largest absolute Gasteiger partial charge is 0.503 e. The van der Waals surface area contributed by atoms with Crippen LogP contribution in [0.15, 0.2) is 50.5 Å². The lowest BCUT2D eigenvalue weighted by Gasteiger charge is -2.13. The summed E-state index contributed by atoms with van der Waals surface area (Å²) in [6.45, 7) is 5.79. The first-order chi connectivity index (χ1) is 13.0. The lowest BCUT2D eigenvalue weighted by Crippen LogP contribution is -2.22. The van der Waals surface area contributed by atoms with Gasteiger partial charge in [0.1, 0.15) is 11.3 Å². The van der Waals surface area contributed by atoms with E-state index in [9.17, 15) is 14.7 Å². The maximum absolute atomic E-state index is 11.8. The Balaban J connectivity index is 1.71. The molecule has 0 aliphatic carbocycles. The van der Waals surface area contributed by atoms with Gasteiger partial charge < -0.3 is 24.1 Å². The van der Waals surface area contributed by atoms with Gasteiger partial charge in [0.2, 0.25) is 5.43 Å². The average molecular weight is 370 g/mol. The second-order valence-electron chi connectivity index (χ2n) is 6.17. The summed E-state index contributed by atoms with van der Waals surface area (Å²) in [6, 6.07) is 8.27. The smallest absolute Gasteiger partial charge is 0.336 e. The number of nitrogens with one attached hydrogen (secondary N) is 1. The monoisotopic (exact) mass is 370 g/mol. The molecule has 0 spiro atoms. The Labute approximate surface area is 155 Å². The van der Waals surface area contributed by atoms with Crippen molar-refractivity contribution in [1.29, 1.82) is 0 Å². The Morgan fingerprint density at radius 2 is 2.04 bits per heavy atom. The molecule has 0 radical (unpaired) electrons. The van der Waals surface area contributed by atoms with Crippen LogP contribution in [-0.4, -0.2) is 22.8 Å². The Morgan fingerprint density at radius 1 is 1.22 bits per heavy atom. The van der Waals surface area contributed by atoms with Gasteiger partial charge in [-0.1, -0.05) is 0 Å². The minimum Gasteiger partial charge on any atom is -0.503 e. The highest BCUT2D eigenvalue weighted by atomic mass is 16.5. The van der Waals surface area contributed by atoms with Crippen molar-refractivity contribution in [2.24, 2.45) is 0 Å². The summed E-state index contributed by atoms with van der Waals surface area (Å²) in [6.07, 6.45) is 1.65. The minimum atomic E-state index is -0.408. The lowest BCUT2D eigenvalue weighted by atomic mass is 10.1. The fraction of sp³-hybridized carbons (Fsp3) is 0.300. The maximum atomic E-state index is 11.8. The lowest BCUT2D eigenvalue weighted by molar-refractivity contribution is 0.340. The summed E-state index contributed by atoms with van der Waals surface area (Å²) in [4.78, 5) is 23.2. The van der Waals surface area contributed by atoms with Crippen LogP contribution in [0.4, 0.5) is 0 Å². The van der Waals surface area contributed by atoms with Crippen LogP contribution in [0.1, 0.15) is 18.2 Å². The van der Waals surface area contributed by atoms with Crippen molar-refractivity contribution in [1.82, 2.24) is 9.88 Å². The number of aromatic hydroxyl groups is 1. The zero-order valence-corrected chi connectivity index (χ0v) is 15.3. The van der Waals surface area contributed by atoms with E-state index in [1.54, 1.807) is 23.8 Å². The van der Waals surface area contributed by atoms with Crippen molar-refractivity contribution >= 4 is 11.0 Å². The molecule has 0 bridgehead atoms. The molecule has 7 nitrogen and oxygen atoms in total. The van der Waals surface area contributed by atoms with Gasteiger partial charge in [0.25, 0.3) is 0 Å². The van der Waals surface area contributed by atoms with E-state index in [1.165, 1.54) is 12.1 Å². The predicted molar refractivity (Wildman–Crippen MR) is 102 cm³/mol. The number of nitrogens with zero attached hydrogens (tertiary/aromatic N) is 1. The molecule has 0 aliphatic rings. The van der Waals surface area contributed by atoms with Crippen LogP contribution < -0.4 is 21.1 Å². The van der Waals surface area contributed by atoms with Gasteiger partial charge in [0, 0.05) is 49.4 Å². The van der Waals surface area contributed by atoms with Gasteiger partial charge in [0.05, 0.1) is 12.3 Å². The van der Waals surface area contributed by atoms with E-state index >= 15 is 0 Å². The zero-order valence-electron chi connectivity index (χ0n) is 15.3. The quantitative estimate of drug-likeness (QED) is 0.489. The zero-order chi connectivity index (χ0) is 19.4. The van der Waals surface area contributed by atoms with E-state index in [0.29, 0.717) is 43.3 Å². The Kier molecular flexibility index (Phi) is 5.61. The third kappa shape index (κ3) is 4.20. The van der Waals surface area contributed by atoms with Crippen LogP contribution in [0.3, 0.4) is 0 Å². The summed E-state index contributed by atoms with van der Waals surface area (Å²) in [7, 11) is 0. The van der Waals surface area contributed by atoms with Crippen molar-refractivity contribution in [2.75, 3.05) is 13.2 Å². The van der Waals surface area contributed by atoms with Crippen LogP contribution in [-0.2, 0) is 13.1 Å². The average Bonchev–Trinajstić information content (AvgIpc) is 2.64. The molecule has 3 rings (SSSR count). The van der Waals surface area contributed by atoms with Gasteiger partial charge in [-0.05, 0) is 31.5 Å². The molecule has 0 saturated carbocycles. The fourth-order valence-electron chi connectivity index (χ4n) is 2.94. The van der Waals surface area contributed by atoms with Gasteiger partial charge in [-0.2, -0.15) is 0 Å². The van der Waals surface area contributed by atoms with Crippen LogP contribution in [0.25, 0.3) is 11.0 Å². The molecule has 7 heteroatoms. The van der Waals surface area contributed by atoms with Crippen LogP contribution in [0, 0.1) is 6.92 Å². The highest BCUT2D eigenvalue weighted by molar-refractivity contribution is 5.81. The van der Waals surface area contributed by atoms with E-state index in [4.69, 9.17) is 9.15 Å². The fourth-order valence-corrected chi connectivity index (χ4v) is 2.94. The SMILES string of the molecule is CCOc1ccc2c(CNCCn3ccc(=O)c(O)c3C)cc(=O)oc2c1. The number of hydrogen-bond acceptors (Lipinski definition) is 6. The molecule has 0 saturated heterocycles. The molecular formula is C20H22N2O5. The topological polar surface area (TPSA) is 93.7 Å². The standard InChI is InChI=1S/C20H22N2O5/c1-3-26-15-4-5-16-14(10-19(24)27-18(16)11-15)12-21-7-9-22-8-6-17(23)20(25)13(22)2/h4-6,8,10-11,21,25H,3,7,9,12H2,1-2H3. The Hall–Kier alpha value is -3.06. The van der Waals surface area contributed by atoms with Gasteiger partial charge in [0.15, 0.2) is 5.75 Å². The Morgan fingerprint density at radius 3 is 2.81 bits per heavy atom. The summed E-state index contributed by atoms with van der Waals surface area (Å²) < 4.78 is 12.5. The molecule has 3 aromatic rings. The Bertz CT molecular complexity index is 1070. The molecular weight excluding hydrogens is 348 g/mol. The molecule has 0 atom stereocenters. The van der Waals surface area contributed by atoms with Gasteiger partial charge in [-0.3, -0.25) is 4.79 Å².